The van der Waals surface area contributed by atoms with E-state index >= 15 is 0 Å². The first-order valence-electron chi connectivity index (χ1n) is 10.9. The van der Waals surface area contributed by atoms with Gasteiger partial charge in [-0.3, -0.25) is 0 Å². The molecule has 0 saturated carbocycles. The molecular weight excluding hydrogens is 405 g/mol. The van der Waals surface area contributed by atoms with E-state index < -0.39 is 6.36 Å². The van der Waals surface area contributed by atoms with E-state index in [9.17, 15) is 18.0 Å². The fraction of sp³-hybridized carbons (Fsp3) is 0.458. The number of carbonyl (C=O) groups is 1. The number of rotatable bonds is 8. The SMILES string of the molecule is CCCCCCN(C(=O)Nc1ccc(OC(F)(F)F)cc1)C1CCc2ccccc2C1. The zero-order valence-corrected chi connectivity index (χ0v) is 17.8. The largest absolute Gasteiger partial charge is 0.573 e. The maximum atomic E-state index is 13.1. The first-order chi connectivity index (χ1) is 14.9. The van der Waals surface area contributed by atoms with Gasteiger partial charge >= 0.3 is 12.4 Å². The van der Waals surface area contributed by atoms with E-state index in [1.807, 2.05) is 17.0 Å². The molecule has 0 heterocycles. The summed E-state index contributed by atoms with van der Waals surface area (Å²) >= 11 is 0. The number of unbranched alkanes of at least 4 members (excludes halogenated alkanes) is 3. The lowest BCUT2D eigenvalue weighted by atomic mass is 9.87. The minimum Gasteiger partial charge on any atom is -0.406 e. The highest BCUT2D eigenvalue weighted by atomic mass is 19.4. The lowest BCUT2D eigenvalue weighted by Gasteiger charge is -2.35. The van der Waals surface area contributed by atoms with Gasteiger partial charge in [-0.05, 0) is 61.1 Å². The summed E-state index contributed by atoms with van der Waals surface area (Å²) in [5, 5.41) is 2.84. The topological polar surface area (TPSA) is 41.6 Å². The average Bonchev–Trinajstić information content (AvgIpc) is 2.74. The van der Waals surface area contributed by atoms with Crippen molar-refractivity contribution in [3.05, 3.63) is 59.7 Å². The van der Waals surface area contributed by atoms with E-state index in [2.05, 4.69) is 29.1 Å². The number of amides is 2. The number of hydrogen-bond acceptors (Lipinski definition) is 2. The van der Waals surface area contributed by atoms with Crippen molar-refractivity contribution in [3.8, 4) is 5.75 Å². The molecule has 2 aromatic carbocycles. The number of nitrogens with zero attached hydrogens (tertiary/aromatic N) is 1. The molecule has 7 heteroatoms. The number of halogens is 3. The molecule has 1 N–H and O–H groups in total. The van der Waals surface area contributed by atoms with Gasteiger partial charge in [0, 0.05) is 18.3 Å². The second kappa shape index (κ2) is 10.6. The third-order valence-corrected chi connectivity index (χ3v) is 5.61. The van der Waals surface area contributed by atoms with Crippen molar-refractivity contribution in [2.24, 2.45) is 0 Å². The monoisotopic (exact) mass is 434 g/mol. The number of hydrogen-bond donors (Lipinski definition) is 1. The van der Waals surface area contributed by atoms with Crippen molar-refractivity contribution in [1.29, 1.82) is 0 Å². The van der Waals surface area contributed by atoms with Crippen LogP contribution in [0.1, 0.15) is 50.2 Å². The summed E-state index contributed by atoms with van der Waals surface area (Å²) in [6, 6.07) is 13.5. The van der Waals surface area contributed by atoms with E-state index in [-0.39, 0.29) is 17.8 Å². The number of alkyl halides is 3. The van der Waals surface area contributed by atoms with Crippen LogP contribution in [0, 0.1) is 0 Å². The zero-order valence-electron chi connectivity index (χ0n) is 17.8. The number of aryl methyl sites for hydroxylation is 1. The Morgan fingerprint density at radius 2 is 1.77 bits per heavy atom. The molecule has 0 spiro atoms. The Balaban J connectivity index is 1.67. The van der Waals surface area contributed by atoms with Crippen LogP contribution in [-0.2, 0) is 12.8 Å². The molecule has 0 aromatic heterocycles. The first-order valence-corrected chi connectivity index (χ1v) is 10.9. The molecule has 2 amide bonds. The van der Waals surface area contributed by atoms with Crippen molar-refractivity contribution >= 4 is 11.7 Å². The Hall–Kier alpha value is -2.70. The van der Waals surface area contributed by atoms with Gasteiger partial charge in [0.15, 0.2) is 0 Å². The van der Waals surface area contributed by atoms with Crippen molar-refractivity contribution < 1.29 is 22.7 Å². The van der Waals surface area contributed by atoms with E-state index in [0.717, 1.165) is 44.9 Å². The number of anilines is 1. The quantitative estimate of drug-likeness (QED) is 0.478. The molecule has 168 valence electrons. The lowest BCUT2D eigenvalue weighted by molar-refractivity contribution is -0.274. The molecule has 0 bridgehead atoms. The molecular formula is C24H29F3N2O2. The predicted octanol–water partition coefficient (Wildman–Crippen LogP) is 6.56. The maximum Gasteiger partial charge on any atom is 0.573 e. The van der Waals surface area contributed by atoms with Crippen LogP contribution in [0.2, 0.25) is 0 Å². The van der Waals surface area contributed by atoms with E-state index in [4.69, 9.17) is 0 Å². The number of fused-ring (bicyclic) bond motifs is 1. The van der Waals surface area contributed by atoms with Gasteiger partial charge in [-0.2, -0.15) is 0 Å². The summed E-state index contributed by atoms with van der Waals surface area (Å²) in [6.45, 7) is 2.81. The highest BCUT2D eigenvalue weighted by molar-refractivity contribution is 5.89. The highest BCUT2D eigenvalue weighted by Crippen LogP contribution is 2.27. The first kappa shape index (κ1) is 23.0. The summed E-state index contributed by atoms with van der Waals surface area (Å²) < 4.78 is 40.9. The molecule has 0 aliphatic heterocycles. The van der Waals surface area contributed by atoms with Crippen LogP contribution < -0.4 is 10.1 Å². The minimum atomic E-state index is -4.74. The Bertz CT molecular complexity index is 853. The fourth-order valence-corrected chi connectivity index (χ4v) is 4.04. The van der Waals surface area contributed by atoms with Gasteiger partial charge < -0.3 is 15.0 Å². The predicted molar refractivity (Wildman–Crippen MR) is 115 cm³/mol. The van der Waals surface area contributed by atoms with E-state index in [1.54, 1.807) is 0 Å². The molecule has 0 saturated heterocycles. The number of ether oxygens (including phenoxy) is 1. The Morgan fingerprint density at radius 1 is 1.06 bits per heavy atom. The highest BCUT2D eigenvalue weighted by Gasteiger charge is 2.31. The summed E-state index contributed by atoms with van der Waals surface area (Å²) in [5.41, 5.74) is 3.05. The molecule has 3 rings (SSSR count). The Kier molecular flexibility index (Phi) is 7.82. The molecule has 1 unspecified atom stereocenters. The van der Waals surface area contributed by atoms with Crippen molar-refractivity contribution in [2.75, 3.05) is 11.9 Å². The van der Waals surface area contributed by atoms with Crippen molar-refractivity contribution in [1.82, 2.24) is 4.90 Å². The van der Waals surface area contributed by atoms with E-state index in [0.29, 0.717) is 12.2 Å². The molecule has 1 atom stereocenters. The normalized spacial score (nSPS) is 15.8. The number of benzene rings is 2. The molecule has 0 radical (unpaired) electrons. The van der Waals surface area contributed by atoms with Gasteiger partial charge in [0.25, 0.3) is 0 Å². The van der Waals surface area contributed by atoms with Crippen LogP contribution in [-0.4, -0.2) is 29.9 Å². The van der Waals surface area contributed by atoms with Gasteiger partial charge in [0.05, 0.1) is 0 Å². The molecule has 31 heavy (non-hydrogen) atoms. The van der Waals surface area contributed by atoms with Gasteiger partial charge in [-0.1, -0.05) is 50.5 Å². The molecule has 0 fully saturated rings. The van der Waals surface area contributed by atoms with Crippen LogP contribution in [0.3, 0.4) is 0 Å². The smallest absolute Gasteiger partial charge is 0.406 e. The standard InChI is InChI=1S/C24H29F3N2O2/c1-2-3-4-7-16-29(21-13-10-18-8-5-6-9-19(18)17-21)23(30)28-20-11-14-22(15-12-20)31-24(25,26)27/h5-6,8-9,11-12,14-15,21H,2-4,7,10,13,16-17H2,1H3,(H,28,30). The molecule has 2 aromatic rings. The zero-order chi connectivity index (χ0) is 22.3. The van der Waals surface area contributed by atoms with Gasteiger partial charge in [0.1, 0.15) is 5.75 Å². The number of urea groups is 1. The third kappa shape index (κ3) is 6.91. The van der Waals surface area contributed by atoms with Crippen LogP contribution >= 0.6 is 0 Å². The molecule has 4 nitrogen and oxygen atoms in total. The summed E-state index contributed by atoms with van der Waals surface area (Å²) in [7, 11) is 0. The van der Waals surface area contributed by atoms with Crippen LogP contribution in [0.25, 0.3) is 0 Å². The second-order valence-electron chi connectivity index (χ2n) is 7.92. The van der Waals surface area contributed by atoms with Gasteiger partial charge in [0.2, 0.25) is 0 Å². The third-order valence-electron chi connectivity index (χ3n) is 5.61. The van der Waals surface area contributed by atoms with Gasteiger partial charge in [-0.15, -0.1) is 13.2 Å². The summed E-state index contributed by atoms with van der Waals surface area (Å²) in [5.74, 6) is -0.314. The summed E-state index contributed by atoms with van der Waals surface area (Å²) in [6.07, 6.45) is 2.15. The molecule has 1 aliphatic carbocycles. The maximum absolute atomic E-state index is 13.1. The summed E-state index contributed by atoms with van der Waals surface area (Å²) in [4.78, 5) is 15.0. The Morgan fingerprint density at radius 3 is 2.45 bits per heavy atom. The molecule has 1 aliphatic rings. The van der Waals surface area contributed by atoms with Crippen molar-refractivity contribution in [2.45, 2.75) is 64.3 Å². The van der Waals surface area contributed by atoms with Crippen LogP contribution in [0.15, 0.2) is 48.5 Å². The van der Waals surface area contributed by atoms with Crippen molar-refractivity contribution in [3.63, 3.8) is 0 Å². The number of carbonyl (C=O) groups excluding carboxylic acids is 1. The van der Waals surface area contributed by atoms with Crippen LogP contribution in [0.5, 0.6) is 5.75 Å². The van der Waals surface area contributed by atoms with E-state index in [1.165, 1.54) is 35.4 Å². The number of nitrogens with one attached hydrogen (secondary N) is 1. The average molecular weight is 435 g/mol. The fourth-order valence-electron chi connectivity index (χ4n) is 4.04. The van der Waals surface area contributed by atoms with Crippen LogP contribution in [0.4, 0.5) is 23.7 Å². The Labute approximate surface area is 181 Å². The minimum absolute atomic E-state index is 0.101. The van der Waals surface area contributed by atoms with Gasteiger partial charge in [-0.25, -0.2) is 4.79 Å². The lowest BCUT2D eigenvalue weighted by Crippen LogP contribution is -2.46. The second-order valence-corrected chi connectivity index (χ2v) is 7.92.